The fourth-order valence-corrected chi connectivity index (χ4v) is 1.86. The molecular weight excluding hydrogens is 243 g/mol. The zero-order valence-corrected chi connectivity index (χ0v) is 9.40. The molecule has 0 unspecified atom stereocenters. The lowest BCUT2D eigenvalue weighted by Crippen LogP contribution is -2.00. The first-order valence-corrected chi connectivity index (χ1v) is 5.90. The highest BCUT2D eigenvalue weighted by Gasteiger charge is 2.16. The molecule has 15 heavy (non-hydrogen) atoms. The van der Waals surface area contributed by atoms with Crippen molar-refractivity contribution in [3.63, 3.8) is 0 Å². The Morgan fingerprint density at radius 2 is 2.07 bits per heavy atom. The Bertz CT molecular complexity index is 496. The monoisotopic (exact) mass is 250 g/mol. The summed E-state index contributed by atoms with van der Waals surface area (Å²) in [6, 6.07) is 3.43. The molecule has 0 saturated heterocycles. The van der Waals surface area contributed by atoms with Crippen LogP contribution in [0.3, 0.4) is 0 Å². The third-order valence-corrected chi connectivity index (χ3v) is 2.98. The Balaban J connectivity index is 3.42. The van der Waals surface area contributed by atoms with E-state index in [-0.39, 0.29) is 5.56 Å². The second kappa shape index (κ2) is 4.28. The molecule has 1 aromatic rings. The van der Waals surface area contributed by atoms with Gasteiger partial charge in [0.25, 0.3) is 5.24 Å². The molecule has 0 heterocycles. The predicted octanol–water partition coefficient (Wildman–Crippen LogP) is 2.29. The highest BCUT2D eigenvalue weighted by Crippen LogP contribution is 2.19. The van der Waals surface area contributed by atoms with Crippen molar-refractivity contribution in [1.82, 2.24) is 0 Å². The number of aryl methyl sites for hydroxylation is 1. The smallest absolute Gasteiger partial charge is 0.276 e. The van der Waals surface area contributed by atoms with Crippen LogP contribution in [0.15, 0.2) is 23.1 Å². The second-order valence-corrected chi connectivity index (χ2v) is 4.57. The van der Waals surface area contributed by atoms with Crippen LogP contribution < -0.4 is 0 Å². The Hall–Kier alpha value is -0.940. The van der Waals surface area contributed by atoms with E-state index in [4.69, 9.17) is 11.6 Å². The lowest BCUT2D eigenvalue weighted by atomic mass is 10.1. The molecule has 6 heteroatoms. The standard InChI is InChI=1S/C9H8ClFO3S/c1-2-6-3-4-7(15(11,13)14)5-8(6)9(10)12/h3-5H,2H2,1H3. The molecule has 0 atom stereocenters. The van der Waals surface area contributed by atoms with E-state index >= 15 is 0 Å². The fourth-order valence-electron chi connectivity index (χ4n) is 1.20. The van der Waals surface area contributed by atoms with Gasteiger partial charge in [0.15, 0.2) is 0 Å². The maximum atomic E-state index is 12.6. The predicted molar refractivity (Wildman–Crippen MR) is 54.3 cm³/mol. The summed E-state index contributed by atoms with van der Waals surface area (Å²) in [6.45, 7) is 1.78. The van der Waals surface area contributed by atoms with Gasteiger partial charge < -0.3 is 0 Å². The summed E-state index contributed by atoms with van der Waals surface area (Å²) in [6.07, 6.45) is 0.514. The molecule has 0 N–H and O–H groups in total. The maximum Gasteiger partial charge on any atom is 0.332 e. The average Bonchev–Trinajstić information content (AvgIpc) is 2.15. The van der Waals surface area contributed by atoms with Crippen LogP contribution >= 0.6 is 11.6 Å². The highest BCUT2D eigenvalue weighted by atomic mass is 35.5. The van der Waals surface area contributed by atoms with Crippen LogP contribution in [-0.4, -0.2) is 13.7 Å². The molecule has 1 rings (SSSR count). The first-order valence-electron chi connectivity index (χ1n) is 4.13. The largest absolute Gasteiger partial charge is 0.332 e. The van der Waals surface area contributed by atoms with Crippen LogP contribution in [0.25, 0.3) is 0 Å². The molecule has 0 amide bonds. The van der Waals surface area contributed by atoms with Gasteiger partial charge in [-0.05, 0) is 35.7 Å². The van der Waals surface area contributed by atoms with Gasteiger partial charge in [0.05, 0.1) is 4.90 Å². The van der Waals surface area contributed by atoms with Gasteiger partial charge in [-0.15, -0.1) is 3.89 Å². The van der Waals surface area contributed by atoms with Gasteiger partial charge in [-0.3, -0.25) is 4.79 Å². The van der Waals surface area contributed by atoms with Crippen LogP contribution in [0.4, 0.5) is 3.89 Å². The quantitative estimate of drug-likeness (QED) is 0.774. The minimum Gasteiger partial charge on any atom is -0.276 e. The molecule has 0 bridgehead atoms. The third kappa shape index (κ3) is 2.76. The van der Waals surface area contributed by atoms with Crippen molar-refractivity contribution < 1.29 is 17.1 Å². The van der Waals surface area contributed by atoms with Crippen LogP contribution in [0, 0.1) is 0 Å². The summed E-state index contributed by atoms with van der Waals surface area (Å²) in [7, 11) is -4.79. The maximum absolute atomic E-state index is 12.6. The number of rotatable bonds is 3. The van der Waals surface area contributed by atoms with E-state index in [0.29, 0.717) is 12.0 Å². The van der Waals surface area contributed by atoms with Crippen molar-refractivity contribution in [1.29, 1.82) is 0 Å². The van der Waals surface area contributed by atoms with Gasteiger partial charge >= 0.3 is 10.2 Å². The van der Waals surface area contributed by atoms with Gasteiger partial charge in [0.1, 0.15) is 0 Å². The fraction of sp³-hybridized carbons (Fsp3) is 0.222. The minimum atomic E-state index is -4.79. The van der Waals surface area contributed by atoms with E-state index in [0.717, 1.165) is 12.1 Å². The minimum absolute atomic E-state index is 0.0258. The van der Waals surface area contributed by atoms with Crippen LogP contribution in [0.1, 0.15) is 22.8 Å². The number of hydrogen-bond acceptors (Lipinski definition) is 3. The van der Waals surface area contributed by atoms with E-state index in [9.17, 15) is 17.1 Å². The van der Waals surface area contributed by atoms with E-state index < -0.39 is 20.4 Å². The van der Waals surface area contributed by atoms with Gasteiger partial charge in [-0.2, -0.15) is 8.42 Å². The summed E-state index contributed by atoms with van der Waals surface area (Å²) in [4.78, 5) is 10.4. The third-order valence-electron chi connectivity index (χ3n) is 1.96. The van der Waals surface area contributed by atoms with Crippen molar-refractivity contribution in [2.75, 3.05) is 0 Å². The molecule has 1 aromatic carbocycles. The summed E-state index contributed by atoms with van der Waals surface area (Å²) < 4.78 is 33.8. The Morgan fingerprint density at radius 1 is 1.47 bits per heavy atom. The first kappa shape index (κ1) is 12.1. The molecule has 3 nitrogen and oxygen atoms in total. The molecule has 0 aliphatic rings. The van der Waals surface area contributed by atoms with E-state index in [1.165, 1.54) is 6.07 Å². The van der Waals surface area contributed by atoms with Crippen LogP contribution in [-0.2, 0) is 16.6 Å². The lowest BCUT2D eigenvalue weighted by Gasteiger charge is -2.04. The SMILES string of the molecule is CCc1ccc(S(=O)(=O)F)cc1C(=O)Cl. The highest BCUT2D eigenvalue weighted by molar-refractivity contribution is 7.86. The van der Waals surface area contributed by atoms with Crippen molar-refractivity contribution in [3.8, 4) is 0 Å². The summed E-state index contributed by atoms with van der Waals surface area (Å²) >= 11 is 5.25. The van der Waals surface area contributed by atoms with Gasteiger partial charge in [0, 0.05) is 5.56 Å². The van der Waals surface area contributed by atoms with Crippen molar-refractivity contribution in [3.05, 3.63) is 29.3 Å². The normalized spacial score (nSPS) is 11.4. The Labute approximate surface area is 92.1 Å². The molecule has 0 spiro atoms. The van der Waals surface area contributed by atoms with Crippen molar-refractivity contribution in [2.24, 2.45) is 0 Å². The number of hydrogen-bond donors (Lipinski definition) is 0. The number of benzene rings is 1. The molecule has 82 valence electrons. The zero-order valence-electron chi connectivity index (χ0n) is 7.83. The summed E-state index contributed by atoms with van der Waals surface area (Å²) in [5.41, 5.74) is 0.611. The van der Waals surface area contributed by atoms with Gasteiger partial charge in [-0.1, -0.05) is 13.0 Å². The van der Waals surface area contributed by atoms with Crippen molar-refractivity contribution in [2.45, 2.75) is 18.2 Å². The second-order valence-electron chi connectivity index (χ2n) is 2.88. The van der Waals surface area contributed by atoms with Crippen LogP contribution in [0.5, 0.6) is 0 Å². The number of carbonyl (C=O) groups excluding carboxylic acids is 1. The van der Waals surface area contributed by atoms with E-state index in [1.54, 1.807) is 6.92 Å². The molecule has 0 fully saturated rings. The lowest BCUT2D eigenvalue weighted by molar-refractivity contribution is 0.108. The topological polar surface area (TPSA) is 51.2 Å². The summed E-state index contributed by atoms with van der Waals surface area (Å²) in [5, 5.41) is -0.794. The Kier molecular flexibility index (Phi) is 3.46. The average molecular weight is 251 g/mol. The van der Waals surface area contributed by atoms with Crippen molar-refractivity contribution >= 4 is 27.1 Å². The van der Waals surface area contributed by atoms with E-state index in [1.807, 2.05) is 0 Å². The molecule has 0 aliphatic carbocycles. The molecular formula is C9H8ClFO3S. The molecule has 0 aliphatic heterocycles. The zero-order chi connectivity index (χ0) is 11.6. The van der Waals surface area contributed by atoms with Gasteiger partial charge in [-0.25, -0.2) is 0 Å². The Morgan fingerprint density at radius 3 is 2.47 bits per heavy atom. The number of halogens is 2. The van der Waals surface area contributed by atoms with Crippen LogP contribution in [0.2, 0.25) is 0 Å². The molecule has 0 radical (unpaired) electrons. The molecule has 0 saturated carbocycles. The van der Waals surface area contributed by atoms with Gasteiger partial charge in [0.2, 0.25) is 0 Å². The van der Waals surface area contributed by atoms with E-state index in [2.05, 4.69) is 0 Å². The number of carbonyl (C=O) groups is 1. The molecule has 0 aromatic heterocycles. The summed E-state index contributed by atoms with van der Waals surface area (Å²) in [5.74, 6) is 0. The first-order chi connectivity index (χ1) is 6.86.